The van der Waals surface area contributed by atoms with E-state index < -0.39 is 0 Å². The molecule has 1 heterocycles. The number of nitrogens with zero attached hydrogens (tertiary/aromatic N) is 1. The van der Waals surface area contributed by atoms with E-state index in [-0.39, 0.29) is 0 Å². The zero-order chi connectivity index (χ0) is 8.10. The van der Waals surface area contributed by atoms with Gasteiger partial charge in [0.2, 0.25) is 0 Å². The lowest BCUT2D eigenvalue weighted by Crippen LogP contribution is -2.28. The summed E-state index contributed by atoms with van der Waals surface area (Å²) in [5.41, 5.74) is 0. The first-order valence-corrected chi connectivity index (χ1v) is 5.22. The predicted molar refractivity (Wildman–Crippen MR) is 50.2 cm³/mol. The molecule has 0 N–H and O–H groups in total. The summed E-state index contributed by atoms with van der Waals surface area (Å²) in [4.78, 5) is 2.58. The Morgan fingerprint density at radius 3 is 3.00 bits per heavy atom. The van der Waals surface area contributed by atoms with Crippen LogP contribution in [0.5, 0.6) is 0 Å². The highest BCUT2D eigenvalue weighted by atomic mass is 35.5. The maximum atomic E-state index is 5.65. The van der Waals surface area contributed by atoms with Crippen molar-refractivity contribution in [2.24, 2.45) is 0 Å². The highest BCUT2D eigenvalue weighted by molar-refractivity contribution is 6.17. The van der Waals surface area contributed by atoms with E-state index in [1.165, 1.54) is 38.8 Å². The van der Waals surface area contributed by atoms with Crippen molar-refractivity contribution in [3.05, 3.63) is 0 Å². The summed E-state index contributed by atoms with van der Waals surface area (Å²) >= 11 is 5.65. The molecule has 2 heteroatoms. The van der Waals surface area contributed by atoms with Crippen LogP contribution < -0.4 is 0 Å². The molecule has 0 aromatic heterocycles. The van der Waals surface area contributed by atoms with Crippen LogP contribution in [0.4, 0.5) is 0 Å². The molecule has 1 atom stereocenters. The van der Waals surface area contributed by atoms with Gasteiger partial charge in [-0.05, 0) is 38.8 Å². The van der Waals surface area contributed by atoms with Crippen LogP contribution in [0.3, 0.4) is 0 Å². The third-order valence-corrected chi connectivity index (χ3v) is 2.84. The molecule has 1 unspecified atom stereocenters. The molecule has 0 aliphatic carbocycles. The average molecular weight is 176 g/mol. The summed E-state index contributed by atoms with van der Waals surface area (Å²) in [6.45, 7) is 4.77. The Morgan fingerprint density at radius 1 is 1.55 bits per heavy atom. The maximum absolute atomic E-state index is 5.65. The molecule has 1 aliphatic rings. The predicted octanol–water partition coefficient (Wildman–Crippen LogP) is 2.49. The Bertz CT molecular complexity index is 106. The molecule has 1 nitrogen and oxygen atoms in total. The molecule has 0 aromatic rings. The first-order chi connectivity index (χ1) is 5.38. The molecule has 0 bridgehead atoms. The van der Waals surface area contributed by atoms with Gasteiger partial charge in [0.15, 0.2) is 0 Å². The summed E-state index contributed by atoms with van der Waals surface area (Å²) in [6.07, 6.45) is 5.27. The monoisotopic (exact) mass is 175 g/mol. The second kappa shape index (κ2) is 5.00. The highest BCUT2D eigenvalue weighted by Gasteiger charge is 2.21. The van der Waals surface area contributed by atoms with Crippen LogP contribution in [-0.4, -0.2) is 29.9 Å². The van der Waals surface area contributed by atoms with Crippen molar-refractivity contribution in [2.75, 3.05) is 19.0 Å². The summed E-state index contributed by atoms with van der Waals surface area (Å²) in [5.74, 6) is 0.827. The number of hydrogen-bond acceptors (Lipinski definition) is 1. The second-order valence-electron chi connectivity index (χ2n) is 3.26. The largest absolute Gasteiger partial charge is 0.301 e. The van der Waals surface area contributed by atoms with E-state index in [2.05, 4.69) is 11.8 Å². The minimum Gasteiger partial charge on any atom is -0.301 e. The number of halogens is 1. The van der Waals surface area contributed by atoms with E-state index >= 15 is 0 Å². The second-order valence-corrected chi connectivity index (χ2v) is 3.63. The van der Waals surface area contributed by atoms with Gasteiger partial charge in [-0.3, -0.25) is 0 Å². The van der Waals surface area contributed by atoms with Crippen molar-refractivity contribution in [2.45, 2.75) is 38.6 Å². The number of hydrogen-bond donors (Lipinski definition) is 0. The summed E-state index contributed by atoms with van der Waals surface area (Å²) in [5, 5.41) is 0. The lowest BCUT2D eigenvalue weighted by Gasteiger charge is -2.21. The molecule has 0 saturated carbocycles. The molecule has 1 saturated heterocycles. The molecule has 0 spiro atoms. The standard InChI is InChI=1S/C9H18ClN/c1-2-11-8-4-6-9(11)5-3-7-10/h9H,2-8H2,1H3. The smallest absolute Gasteiger partial charge is 0.0224 e. The van der Waals surface area contributed by atoms with Crippen LogP contribution in [0.15, 0.2) is 0 Å². The third-order valence-electron chi connectivity index (χ3n) is 2.58. The van der Waals surface area contributed by atoms with Gasteiger partial charge < -0.3 is 4.90 Å². The van der Waals surface area contributed by atoms with Gasteiger partial charge in [0, 0.05) is 11.9 Å². The van der Waals surface area contributed by atoms with Crippen molar-refractivity contribution < 1.29 is 0 Å². The van der Waals surface area contributed by atoms with Crippen LogP contribution in [0.25, 0.3) is 0 Å². The fourth-order valence-electron chi connectivity index (χ4n) is 1.95. The van der Waals surface area contributed by atoms with E-state index in [0.29, 0.717) is 0 Å². The lowest BCUT2D eigenvalue weighted by atomic mass is 10.1. The van der Waals surface area contributed by atoms with E-state index in [9.17, 15) is 0 Å². The van der Waals surface area contributed by atoms with Crippen LogP contribution >= 0.6 is 11.6 Å². The van der Waals surface area contributed by atoms with Gasteiger partial charge >= 0.3 is 0 Å². The minimum atomic E-state index is 0.827. The van der Waals surface area contributed by atoms with Gasteiger partial charge in [-0.25, -0.2) is 0 Å². The summed E-state index contributed by atoms with van der Waals surface area (Å²) in [6, 6.07) is 0.846. The molecule has 0 radical (unpaired) electrons. The highest BCUT2D eigenvalue weighted by Crippen LogP contribution is 2.20. The Balaban J connectivity index is 2.20. The molecule has 1 rings (SSSR count). The number of likely N-dealkylation sites (tertiary alicyclic amines) is 1. The van der Waals surface area contributed by atoms with Gasteiger partial charge in [0.05, 0.1) is 0 Å². The van der Waals surface area contributed by atoms with Crippen molar-refractivity contribution in [3.63, 3.8) is 0 Å². The molecular weight excluding hydrogens is 158 g/mol. The van der Waals surface area contributed by atoms with E-state index in [0.717, 1.165) is 11.9 Å². The Kier molecular flexibility index (Phi) is 4.24. The Hall–Kier alpha value is 0.250. The van der Waals surface area contributed by atoms with Crippen LogP contribution in [0, 0.1) is 0 Å². The fraction of sp³-hybridized carbons (Fsp3) is 1.00. The molecule has 1 fully saturated rings. The summed E-state index contributed by atoms with van der Waals surface area (Å²) in [7, 11) is 0. The minimum absolute atomic E-state index is 0.827. The van der Waals surface area contributed by atoms with Crippen molar-refractivity contribution in [1.29, 1.82) is 0 Å². The topological polar surface area (TPSA) is 3.24 Å². The van der Waals surface area contributed by atoms with Crippen LogP contribution in [0.1, 0.15) is 32.6 Å². The maximum Gasteiger partial charge on any atom is 0.0224 e. The van der Waals surface area contributed by atoms with E-state index in [4.69, 9.17) is 11.6 Å². The third kappa shape index (κ3) is 2.64. The average Bonchev–Trinajstić information content (AvgIpc) is 2.47. The van der Waals surface area contributed by atoms with Gasteiger partial charge in [-0.2, -0.15) is 0 Å². The van der Waals surface area contributed by atoms with Gasteiger partial charge in [0.1, 0.15) is 0 Å². The molecule has 11 heavy (non-hydrogen) atoms. The zero-order valence-electron chi connectivity index (χ0n) is 7.35. The molecule has 1 aliphatic heterocycles. The number of rotatable bonds is 4. The van der Waals surface area contributed by atoms with E-state index in [1.807, 2.05) is 0 Å². The van der Waals surface area contributed by atoms with Crippen LogP contribution in [-0.2, 0) is 0 Å². The Labute approximate surface area is 74.7 Å². The SMILES string of the molecule is CCN1CCCC1CCCCl. The lowest BCUT2D eigenvalue weighted by molar-refractivity contribution is 0.254. The van der Waals surface area contributed by atoms with Crippen molar-refractivity contribution in [3.8, 4) is 0 Å². The van der Waals surface area contributed by atoms with Crippen molar-refractivity contribution in [1.82, 2.24) is 4.90 Å². The van der Waals surface area contributed by atoms with E-state index in [1.54, 1.807) is 0 Å². The van der Waals surface area contributed by atoms with Gasteiger partial charge in [-0.1, -0.05) is 6.92 Å². The van der Waals surface area contributed by atoms with Crippen LogP contribution in [0.2, 0.25) is 0 Å². The molecule has 66 valence electrons. The van der Waals surface area contributed by atoms with Gasteiger partial charge in [-0.15, -0.1) is 11.6 Å². The quantitative estimate of drug-likeness (QED) is 0.594. The first kappa shape index (κ1) is 9.34. The molecular formula is C9H18ClN. The normalized spacial score (nSPS) is 26.2. The first-order valence-electron chi connectivity index (χ1n) is 4.68. The number of alkyl halides is 1. The van der Waals surface area contributed by atoms with Gasteiger partial charge in [0.25, 0.3) is 0 Å². The van der Waals surface area contributed by atoms with Crippen molar-refractivity contribution >= 4 is 11.6 Å². The zero-order valence-corrected chi connectivity index (χ0v) is 8.11. The Morgan fingerprint density at radius 2 is 2.36 bits per heavy atom. The fourth-order valence-corrected chi connectivity index (χ4v) is 2.11. The summed E-state index contributed by atoms with van der Waals surface area (Å²) < 4.78 is 0. The molecule has 0 amide bonds. The molecule has 0 aromatic carbocycles.